The Morgan fingerprint density at radius 3 is 2.83 bits per heavy atom. The molecule has 5 heteroatoms. The maximum atomic E-state index is 13.3. The van der Waals surface area contributed by atoms with Crippen LogP contribution in [0.1, 0.15) is 34.9 Å². The molecule has 0 spiro atoms. The van der Waals surface area contributed by atoms with Gasteiger partial charge >= 0.3 is 0 Å². The Balaban J connectivity index is 1.49. The van der Waals surface area contributed by atoms with Crippen LogP contribution in [0.5, 0.6) is 0 Å². The highest BCUT2D eigenvalue weighted by atomic mass is 19.1. The van der Waals surface area contributed by atoms with Crippen molar-refractivity contribution in [3.8, 4) is 0 Å². The van der Waals surface area contributed by atoms with Crippen LogP contribution in [0.4, 0.5) is 4.39 Å². The van der Waals surface area contributed by atoms with Crippen molar-refractivity contribution in [2.75, 3.05) is 13.1 Å². The first-order chi connectivity index (χ1) is 11.2. The summed E-state index contributed by atoms with van der Waals surface area (Å²) in [7, 11) is 0. The topological polar surface area (TPSA) is 49.2 Å². The van der Waals surface area contributed by atoms with Crippen molar-refractivity contribution in [1.82, 2.24) is 9.88 Å². The van der Waals surface area contributed by atoms with Crippen LogP contribution in [-0.4, -0.2) is 28.9 Å². The Morgan fingerprint density at radius 2 is 2.09 bits per heavy atom. The van der Waals surface area contributed by atoms with E-state index in [1.54, 1.807) is 12.1 Å². The van der Waals surface area contributed by atoms with E-state index in [2.05, 4.69) is 4.98 Å². The van der Waals surface area contributed by atoms with E-state index in [4.69, 9.17) is 4.42 Å². The number of amides is 1. The molecule has 1 aliphatic rings. The summed E-state index contributed by atoms with van der Waals surface area (Å²) in [6.07, 6.45) is 5.29. The van der Waals surface area contributed by atoms with Gasteiger partial charge in [0.2, 0.25) is 0 Å². The Bertz CT molecular complexity index is 830. The van der Waals surface area contributed by atoms with Crippen LogP contribution in [0.3, 0.4) is 0 Å². The molecule has 23 heavy (non-hydrogen) atoms. The van der Waals surface area contributed by atoms with Crippen LogP contribution in [0.2, 0.25) is 0 Å². The van der Waals surface area contributed by atoms with Gasteiger partial charge in [0.25, 0.3) is 5.91 Å². The Labute approximate surface area is 132 Å². The second-order valence-electron chi connectivity index (χ2n) is 5.98. The van der Waals surface area contributed by atoms with E-state index in [0.717, 1.165) is 23.7 Å². The van der Waals surface area contributed by atoms with E-state index in [0.29, 0.717) is 24.8 Å². The zero-order chi connectivity index (χ0) is 15.8. The van der Waals surface area contributed by atoms with E-state index >= 15 is 0 Å². The molecule has 4 nitrogen and oxygen atoms in total. The molecule has 0 radical (unpaired) electrons. The van der Waals surface area contributed by atoms with Crippen LogP contribution in [0, 0.1) is 5.82 Å². The summed E-state index contributed by atoms with van der Waals surface area (Å²) in [6, 6.07) is 8.27. The average molecular weight is 312 g/mol. The molecule has 1 aliphatic heterocycles. The van der Waals surface area contributed by atoms with Gasteiger partial charge in [0.15, 0.2) is 5.76 Å². The second-order valence-corrected chi connectivity index (χ2v) is 5.98. The number of carbonyl (C=O) groups excluding carboxylic acids is 1. The molecule has 1 amide bonds. The maximum absolute atomic E-state index is 13.3. The number of aromatic nitrogens is 1. The molecule has 1 aromatic carbocycles. The molecule has 0 atom stereocenters. The lowest BCUT2D eigenvalue weighted by Crippen LogP contribution is -2.37. The van der Waals surface area contributed by atoms with Gasteiger partial charge in [-0.25, -0.2) is 4.39 Å². The fourth-order valence-corrected chi connectivity index (χ4v) is 3.41. The molecule has 0 bridgehead atoms. The van der Waals surface area contributed by atoms with E-state index in [1.165, 1.54) is 24.0 Å². The minimum absolute atomic E-state index is 0.0468. The minimum Gasteiger partial charge on any atom is -0.459 e. The smallest absolute Gasteiger partial charge is 0.289 e. The standard InChI is InChI=1S/C18H17FN2O2/c19-13-3-4-14-15(11-20-16(14)10-13)12-5-7-21(8-6-12)18(22)17-2-1-9-23-17/h1-4,9-12,20H,5-8H2. The predicted octanol–water partition coefficient (Wildman–Crippen LogP) is 3.92. The fourth-order valence-electron chi connectivity index (χ4n) is 3.41. The number of benzene rings is 1. The maximum Gasteiger partial charge on any atom is 0.289 e. The number of fused-ring (bicyclic) bond motifs is 1. The number of carbonyl (C=O) groups is 1. The Kier molecular flexibility index (Phi) is 3.41. The molecule has 0 saturated carbocycles. The number of furan rings is 1. The molecule has 1 saturated heterocycles. The van der Waals surface area contributed by atoms with Gasteiger partial charge < -0.3 is 14.3 Å². The highest BCUT2D eigenvalue weighted by molar-refractivity contribution is 5.91. The molecule has 0 unspecified atom stereocenters. The largest absolute Gasteiger partial charge is 0.459 e. The lowest BCUT2D eigenvalue weighted by Gasteiger charge is -2.31. The molecule has 3 heterocycles. The van der Waals surface area contributed by atoms with E-state index < -0.39 is 0 Å². The third-order valence-electron chi connectivity index (χ3n) is 4.63. The van der Waals surface area contributed by atoms with Gasteiger partial charge in [-0.15, -0.1) is 0 Å². The van der Waals surface area contributed by atoms with Crippen LogP contribution in [-0.2, 0) is 0 Å². The quantitative estimate of drug-likeness (QED) is 0.779. The number of piperidine rings is 1. The summed E-state index contributed by atoms with van der Waals surface area (Å²) in [5, 5.41) is 1.07. The minimum atomic E-state index is -0.232. The first kappa shape index (κ1) is 14.1. The average Bonchev–Trinajstić information content (AvgIpc) is 3.23. The van der Waals surface area contributed by atoms with E-state index in [9.17, 15) is 9.18 Å². The number of hydrogen-bond donors (Lipinski definition) is 1. The van der Waals surface area contributed by atoms with Gasteiger partial charge in [-0.05, 0) is 54.7 Å². The van der Waals surface area contributed by atoms with E-state index in [-0.39, 0.29) is 11.7 Å². The summed E-state index contributed by atoms with van der Waals surface area (Å²) in [5.74, 6) is 0.500. The number of aromatic amines is 1. The molecule has 0 aliphatic carbocycles. The van der Waals surface area contributed by atoms with Crippen molar-refractivity contribution in [2.24, 2.45) is 0 Å². The summed E-state index contributed by atoms with van der Waals surface area (Å²) < 4.78 is 18.5. The van der Waals surface area contributed by atoms with Gasteiger partial charge in [0, 0.05) is 30.2 Å². The van der Waals surface area contributed by atoms with Crippen LogP contribution in [0.25, 0.3) is 10.9 Å². The van der Waals surface area contributed by atoms with Crippen molar-refractivity contribution in [3.05, 3.63) is 59.9 Å². The number of H-pyrrole nitrogens is 1. The molecule has 3 aromatic rings. The summed E-state index contributed by atoms with van der Waals surface area (Å²) in [6.45, 7) is 1.41. The zero-order valence-corrected chi connectivity index (χ0v) is 12.6. The predicted molar refractivity (Wildman–Crippen MR) is 84.8 cm³/mol. The molecule has 1 fully saturated rings. The number of nitrogens with zero attached hydrogens (tertiary/aromatic N) is 1. The van der Waals surface area contributed by atoms with Gasteiger partial charge in [-0.1, -0.05) is 0 Å². The van der Waals surface area contributed by atoms with Gasteiger partial charge in [0.1, 0.15) is 5.82 Å². The first-order valence-electron chi connectivity index (χ1n) is 7.81. The van der Waals surface area contributed by atoms with E-state index in [1.807, 2.05) is 17.2 Å². The zero-order valence-electron chi connectivity index (χ0n) is 12.6. The van der Waals surface area contributed by atoms with Crippen molar-refractivity contribution in [3.63, 3.8) is 0 Å². The van der Waals surface area contributed by atoms with Crippen molar-refractivity contribution in [2.45, 2.75) is 18.8 Å². The highest BCUT2D eigenvalue weighted by Gasteiger charge is 2.27. The molecule has 2 aromatic heterocycles. The van der Waals surface area contributed by atoms with Crippen LogP contribution < -0.4 is 0 Å². The molecule has 1 N–H and O–H groups in total. The summed E-state index contributed by atoms with van der Waals surface area (Å²) in [5.41, 5.74) is 2.04. The van der Waals surface area contributed by atoms with Crippen LogP contribution in [0.15, 0.2) is 47.2 Å². The Morgan fingerprint density at radius 1 is 1.26 bits per heavy atom. The molecular weight excluding hydrogens is 295 g/mol. The summed E-state index contributed by atoms with van der Waals surface area (Å²) in [4.78, 5) is 17.3. The number of halogens is 1. The summed E-state index contributed by atoms with van der Waals surface area (Å²) >= 11 is 0. The van der Waals surface area contributed by atoms with Gasteiger partial charge in [-0.3, -0.25) is 4.79 Å². The van der Waals surface area contributed by atoms with Crippen molar-refractivity contribution in [1.29, 1.82) is 0 Å². The van der Waals surface area contributed by atoms with Crippen molar-refractivity contribution >= 4 is 16.8 Å². The molecule has 118 valence electrons. The molecule has 4 rings (SSSR count). The Hall–Kier alpha value is -2.56. The number of likely N-dealkylation sites (tertiary alicyclic amines) is 1. The van der Waals surface area contributed by atoms with Gasteiger partial charge in [0.05, 0.1) is 6.26 Å². The first-order valence-corrected chi connectivity index (χ1v) is 7.81. The third kappa shape index (κ3) is 2.52. The second kappa shape index (κ2) is 5.57. The van der Waals surface area contributed by atoms with Gasteiger partial charge in [-0.2, -0.15) is 0 Å². The SMILES string of the molecule is O=C(c1ccco1)N1CCC(c2c[nH]c3cc(F)ccc23)CC1. The normalized spacial score (nSPS) is 16.1. The van der Waals surface area contributed by atoms with Crippen molar-refractivity contribution < 1.29 is 13.6 Å². The highest BCUT2D eigenvalue weighted by Crippen LogP contribution is 2.33. The molecular formula is C18H17FN2O2. The number of rotatable bonds is 2. The van der Waals surface area contributed by atoms with Crippen LogP contribution >= 0.6 is 0 Å². The third-order valence-corrected chi connectivity index (χ3v) is 4.63. The number of hydrogen-bond acceptors (Lipinski definition) is 2. The number of nitrogens with one attached hydrogen (secondary N) is 1. The fraction of sp³-hybridized carbons (Fsp3) is 0.278. The lowest BCUT2D eigenvalue weighted by molar-refractivity contribution is 0.0681. The lowest BCUT2D eigenvalue weighted by atomic mass is 9.89. The monoisotopic (exact) mass is 312 g/mol.